The molecule has 68 valence electrons. The van der Waals surface area contributed by atoms with Gasteiger partial charge in [0.15, 0.2) is 0 Å². The second kappa shape index (κ2) is 2.46. The van der Waals surface area contributed by atoms with E-state index in [1.165, 1.54) is 0 Å². The van der Waals surface area contributed by atoms with Crippen LogP contribution in [0.4, 0.5) is 0 Å². The summed E-state index contributed by atoms with van der Waals surface area (Å²) >= 11 is 0. The Kier molecular flexibility index (Phi) is 1.65. The maximum Gasteiger partial charge on any atom is 0.223 e. The highest BCUT2D eigenvalue weighted by molar-refractivity contribution is 5.81. The third kappa shape index (κ3) is 0.891. The van der Waals surface area contributed by atoms with E-state index in [0.29, 0.717) is 11.8 Å². The fraction of sp³-hybridized carbons (Fsp3) is 0.889. The molecule has 0 aromatic carbocycles. The van der Waals surface area contributed by atoms with Gasteiger partial charge < -0.3 is 11.5 Å². The second-order valence-corrected chi connectivity index (χ2v) is 4.35. The number of carbonyl (C=O) groups excluding carboxylic acids is 1. The van der Waals surface area contributed by atoms with Crippen LogP contribution in [0.15, 0.2) is 0 Å². The third-order valence-electron chi connectivity index (χ3n) is 3.79. The molecule has 0 aromatic heterocycles. The normalized spacial score (nSPS) is 45.1. The van der Waals surface area contributed by atoms with Crippen molar-refractivity contribution in [3.05, 3.63) is 0 Å². The quantitative estimate of drug-likeness (QED) is 0.620. The molecule has 2 aliphatic rings. The first-order valence-corrected chi connectivity index (χ1v) is 4.68. The van der Waals surface area contributed by atoms with Crippen LogP contribution in [-0.2, 0) is 4.79 Å². The number of nitrogens with two attached hydrogens (primary N) is 2. The van der Waals surface area contributed by atoms with Gasteiger partial charge in [0.05, 0.1) is 0 Å². The smallest absolute Gasteiger partial charge is 0.223 e. The Morgan fingerprint density at radius 3 is 2.67 bits per heavy atom. The molecule has 0 aliphatic heterocycles. The maximum atomic E-state index is 11.2. The molecule has 0 heterocycles. The van der Waals surface area contributed by atoms with Crippen molar-refractivity contribution in [3.8, 4) is 0 Å². The van der Waals surface area contributed by atoms with Crippen LogP contribution < -0.4 is 11.5 Å². The average Bonchev–Trinajstić information content (AvgIpc) is 2.61. The summed E-state index contributed by atoms with van der Waals surface area (Å²) in [6.45, 7) is 0.722. The van der Waals surface area contributed by atoms with Crippen molar-refractivity contribution in [3.63, 3.8) is 0 Å². The molecule has 2 bridgehead atoms. The molecule has 2 fully saturated rings. The van der Waals surface area contributed by atoms with Crippen molar-refractivity contribution in [1.82, 2.24) is 0 Å². The number of primary amides is 1. The van der Waals surface area contributed by atoms with Gasteiger partial charge in [-0.1, -0.05) is 0 Å². The molecule has 3 atom stereocenters. The van der Waals surface area contributed by atoms with E-state index in [0.717, 1.165) is 32.2 Å². The van der Waals surface area contributed by atoms with Crippen LogP contribution in [0.3, 0.4) is 0 Å². The first kappa shape index (κ1) is 8.05. The zero-order chi connectivity index (χ0) is 8.77. The van der Waals surface area contributed by atoms with Gasteiger partial charge in [-0.05, 0) is 44.1 Å². The van der Waals surface area contributed by atoms with Gasteiger partial charge in [0.25, 0.3) is 0 Å². The van der Waals surface area contributed by atoms with E-state index in [1.807, 2.05) is 0 Å². The van der Waals surface area contributed by atoms with Gasteiger partial charge in [-0.15, -0.1) is 0 Å². The van der Waals surface area contributed by atoms with Crippen molar-refractivity contribution < 1.29 is 4.79 Å². The van der Waals surface area contributed by atoms with Crippen LogP contribution in [-0.4, -0.2) is 12.5 Å². The average molecular weight is 168 g/mol. The molecule has 3 heteroatoms. The zero-order valence-corrected chi connectivity index (χ0v) is 7.25. The second-order valence-electron chi connectivity index (χ2n) is 4.35. The van der Waals surface area contributed by atoms with Gasteiger partial charge in [0, 0.05) is 5.41 Å². The molecule has 2 rings (SSSR count). The fourth-order valence-corrected chi connectivity index (χ4v) is 3.02. The Bertz CT molecular complexity index is 217. The predicted molar refractivity (Wildman–Crippen MR) is 46.1 cm³/mol. The number of amides is 1. The summed E-state index contributed by atoms with van der Waals surface area (Å²) < 4.78 is 0. The topological polar surface area (TPSA) is 69.1 Å². The van der Waals surface area contributed by atoms with E-state index >= 15 is 0 Å². The predicted octanol–water partition coefficient (Wildman–Crippen LogP) is 0.237. The molecule has 0 radical (unpaired) electrons. The lowest BCUT2D eigenvalue weighted by Crippen LogP contribution is -2.35. The van der Waals surface area contributed by atoms with E-state index in [-0.39, 0.29) is 11.3 Å². The van der Waals surface area contributed by atoms with Gasteiger partial charge in [-0.3, -0.25) is 4.79 Å². The maximum absolute atomic E-state index is 11.2. The number of rotatable bonds is 2. The molecular weight excluding hydrogens is 152 g/mol. The van der Waals surface area contributed by atoms with E-state index < -0.39 is 0 Å². The van der Waals surface area contributed by atoms with Crippen LogP contribution in [0.2, 0.25) is 0 Å². The summed E-state index contributed by atoms with van der Waals surface area (Å²) in [5, 5.41) is 0. The molecule has 0 saturated heterocycles. The van der Waals surface area contributed by atoms with Crippen molar-refractivity contribution in [1.29, 1.82) is 0 Å². The number of carbonyl (C=O) groups is 1. The Balaban J connectivity index is 2.17. The number of hydrogen-bond donors (Lipinski definition) is 2. The molecule has 2 aliphatic carbocycles. The highest BCUT2D eigenvalue weighted by Crippen LogP contribution is 2.56. The third-order valence-corrected chi connectivity index (χ3v) is 3.79. The highest BCUT2D eigenvalue weighted by Gasteiger charge is 2.53. The minimum atomic E-state index is -0.158. The summed E-state index contributed by atoms with van der Waals surface area (Å²) in [4.78, 5) is 11.2. The molecule has 3 nitrogen and oxygen atoms in total. The van der Waals surface area contributed by atoms with Gasteiger partial charge in [-0.2, -0.15) is 0 Å². The highest BCUT2D eigenvalue weighted by atomic mass is 16.1. The lowest BCUT2D eigenvalue weighted by Gasteiger charge is -2.26. The minimum absolute atomic E-state index is 0.0963. The molecular formula is C9H16N2O. The van der Waals surface area contributed by atoms with E-state index in [2.05, 4.69) is 0 Å². The lowest BCUT2D eigenvalue weighted by atomic mass is 9.79. The monoisotopic (exact) mass is 168 g/mol. The number of fused-ring (bicyclic) bond motifs is 2. The van der Waals surface area contributed by atoms with Gasteiger partial charge in [0.1, 0.15) is 0 Å². The zero-order valence-electron chi connectivity index (χ0n) is 7.25. The molecule has 1 amide bonds. The van der Waals surface area contributed by atoms with Crippen molar-refractivity contribution in [2.45, 2.75) is 25.7 Å². The Labute approximate surface area is 72.5 Å². The Morgan fingerprint density at radius 1 is 1.50 bits per heavy atom. The molecule has 0 unspecified atom stereocenters. The molecule has 4 N–H and O–H groups in total. The largest absolute Gasteiger partial charge is 0.369 e. The van der Waals surface area contributed by atoms with E-state index in [9.17, 15) is 4.79 Å². The molecule has 2 saturated carbocycles. The van der Waals surface area contributed by atoms with Crippen LogP contribution in [0.5, 0.6) is 0 Å². The summed E-state index contributed by atoms with van der Waals surface area (Å²) in [6, 6.07) is 0. The van der Waals surface area contributed by atoms with Gasteiger partial charge in [-0.25, -0.2) is 0 Å². The van der Waals surface area contributed by atoms with Crippen molar-refractivity contribution in [2.24, 2.45) is 28.7 Å². The summed E-state index contributed by atoms with van der Waals surface area (Å²) in [5.74, 6) is 1.15. The summed E-state index contributed by atoms with van der Waals surface area (Å²) in [6.07, 6.45) is 4.11. The van der Waals surface area contributed by atoms with Crippen molar-refractivity contribution >= 4 is 5.91 Å². The minimum Gasteiger partial charge on any atom is -0.369 e. The standard InChI is InChI=1S/C9H16N2O/c10-5-7-4-9(8(11)12)2-1-6(7)3-9/h6-7H,1-5,10H2,(H2,11,12)/t6-,7+,9+/m0/s1. The van der Waals surface area contributed by atoms with Crippen LogP contribution >= 0.6 is 0 Å². The van der Waals surface area contributed by atoms with E-state index in [1.54, 1.807) is 0 Å². The number of hydrogen-bond acceptors (Lipinski definition) is 2. The van der Waals surface area contributed by atoms with Crippen molar-refractivity contribution in [2.75, 3.05) is 6.54 Å². The SMILES string of the molecule is NC[C@H]1C[C@@]2(C(N)=O)CC[C@H]1C2. The Hall–Kier alpha value is -0.570. The van der Waals surface area contributed by atoms with Crippen LogP contribution in [0.25, 0.3) is 0 Å². The van der Waals surface area contributed by atoms with Crippen LogP contribution in [0, 0.1) is 17.3 Å². The first-order chi connectivity index (χ1) is 5.68. The molecule has 0 spiro atoms. The lowest BCUT2D eigenvalue weighted by molar-refractivity contribution is -0.127. The molecule has 0 aromatic rings. The summed E-state index contributed by atoms with van der Waals surface area (Å²) in [5.41, 5.74) is 10.9. The first-order valence-electron chi connectivity index (χ1n) is 4.68. The van der Waals surface area contributed by atoms with Gasteiger partial charge in [0.2, 0.25) is 5.91 Å². The molecule has 12 heavy (non-hydrogen) atoms. The fourth-order valence-electron chi connectivity index (χ4n) is 3.02. The van der Waals surface area contributed by atoms with Gasteiger partial charge >= 0.3 is 0 Å². The Morgan fingerprint density at radius 2 is 2.25 bits per heavy atom. The summed E-state index contributed by atoms with van der Waals surface area (Å²) in [7, 11) is 0. The van der Waals surface area contributed by atoms with Crippen LogP contribution in [0.1, 0.15) is 25.7 Å². The van der Waals surface area contributed by atoms with E-state index in [4.69, 9.17) is 11.5 Å².